The number of nitrogens with zero attached hydrogens (tertiary/aromatic N) is 1. The minimum atomic E-state index is -0.0286. The van der Waals surface area contributed by atoms with Gasteiger partial charge in [0.2, 0.25) is 5.91 Å². The normalized spacial score (nSPS) is 10.3. The maximum atomic E-state index is 12.0. The van der Waals surface area contributed by atoms with E-state index >= 15 is 0 Å². The third-order valence-electron chi connectivity index (χ3n) is 2.91. The van der Waals surface area contributed by atoms with Crippen LogP contribution in [0.15, 0.2) is 30.5 Å². The molecule has 1 amide bonds. The predicted octanol–water partition coefficient (Wildman–Crippen LogP) is 1.67. The van der Waals surface area contributed by atoms with Crippen molar-refractivity contribution in [3.05, 3.63) is 36.0 Å². The molecule has 0 fully saturated rings. The number of aromatic amines is 1. The highest BCUT2D eigenvalue weighted by atomic mass is 32.1. The molecule has 18 heavy (non-hydrogen) atoms. The number of thiocarbonyl (C=S) groups is 1. The minimum Gasteiger partial charge on any atom is -0.365 e. The van der Waals surface area contributed by atoms with Crippen molar-refractivity contribution in [2.75, 3.05) is 14.1 Å². The third-order valence-corrected chi connectivity index (χ3v) is 3.39. The number of amides is 1. The van der Waals surface area contributed by atoms with Crippen LogP contribution in [0.4, 0.5) is 0 Å². The Hall–Kier alpha value is -1.88. The fourth-order valence-electron chi connectivity index (χ4n) is 1.84. The van der Waals surface area contributed by atoms with Gasteiger partial charge in [0, 0.05) is 31.2 Å². The molecule has 2 rings (SSSR count). The number of likely N-dealkylation sites (N-methyl/N-ethyl adjacent to an activating group) is 1. The first kappa shape index (κ1) is 12.6. The maximum Gasteiger partial charge on any atom is 0.232 e. The molecule has 5 heteroatoms. The largest absolute Gasteiger partial charge is 0.365 e. The SMILES string of the molecule is CNC(=S)N(C)C(=O)Cc1c[nH]c2ccccc12. The van der Waals surface area contributed by atoms with E-state index < -0.39 is 0 Å². The van der Waals surface area contributed by atoms with Crippen LogP contribution in [0.2, 0.25) is 0 Å². The standard InChI is InChI=1S/C13H15N3OS/c1-14-13(18)16(2)12(17)7-9-8-15-11-6-4-3-5-10(9)11/h3-6,8,15H,7H2,1-2H3,(H,14,18). The van der Waals surface area contributed by atoms with Crippen LogP contribution in [-0.2, 0) is 11.2 Å². The summed E-state index contributed by atoms with van der Waals surface area (Å²) < 4.78 is 0. The smallest absolute Gasteiger partial charge is 0.232 e. The molecule has 0 spiro atoms. The molecule has 0 radical (unpaired) electrons. The number of aromatic nitrogens is 1. The number of carbonyl (C=O) groups is 1. The molecule has 4 nitrogen and oxygen atoms in total. The van der Waals surface area contributed by atoms with E-state index in [-0.39, 0.29) is 5.91 Å². The second-order valence-electron chi connectivity index (χ2n) is 4.04. The van der Waals surface area contributed by atoms with Crippen LogP contribution in [-0.4, -0.2) is 35.0 Å². The zero-order chi connectivity index (χ0) is 13.1. The van der Waals surface area contributed by atoms with E-state index in [1.165, 1.54) is 4.90 Å². The van der Waals surface area contributed by atoms with Crippen molar-refractivity contribution < 1.29 is 4.79 Å². The van der Waals surface area contributed by atoms with Crippen LogP contribution < -0.4 is 5.32 Å². The van der Waals surface area contributed by atoms with E-state index in [1.54, 1.807) is 14.1 Å². The number of para-hydroxylation sites is 1. The number of hydrogen-bond acceptors (Lipinski definition) is 2. The zero-order valence-electron chi connectivity index (χ0n) is 10.4. The van der Waals surface area contributed by atoms with Gasteiger partial charge in [-0.1, -0.05) is 18.2 Å². The molecular weight excluding hydrogens is 246 g/mol. The van der Waals surface area contributed by atoms with Crippen LogP contribution in [0.1, 0.15) is 5.56 Å². The van der Waals surface area contributed by atoms with Gasteiger partial charge >= 0.3 is 0 Å². The molecule has 0 unspecified atom stereocenters. The molecule has 1 aromatic carbocycles. The number of H-pyrrole nitrogens is 1. The summed E-state index contributed by atoms with van der Waals surface area (Å²) >= 11 is 5.03. The molecule has 0 atom stereocenters. The van der Waals surface area contributed by atoms with Gasteiger partial charge in [-0.15, -0.1) is 0 Å². The highest BCUT2D eigenvalue weighted by molar-refractivity contribution is 7.80. The molecule has 1 aromatic heterocycles. The monoisotopic (exact) mass is 261 g/mol. The summed E-state index contributed by atoms with van der Waals surface area (Å²) in [5.41, 5.74) is 2.03. The highest BCUT2D eigenvalue weighted by Gasteiger charge is 2.14. The van der Waals surface area contributed by atoms with Crippen molar-refractivity contribution in [1.82, 2.24) is 15.2 Å². The van der Waals surface area contributed by atoms with Crippen LogP contribution in [0.5, 0.6) is 0 Å². The van der Waals surface area contributed by atoms with Gasteiger partial charge in [-0.05, 0) is 23.8 Å². The van der Waals surface area contributed by atoms with Gasteiger partial charge in [-0.2, -0.15) is 0 Å². The van der Waals surface area contributed by atoms with Gasteiger partial charge in [-0.25, -0.2) is 0 Å². The molecule has 0 saturated heterocycles. The highest BCUT2D eigenvalue weighted by Crippen LogP contribution is 2.18. The fraction of sp³-hybridized carbons (Fsp3) is 0.231. The van der Waals surface area contributed by atoms with E-state index in [0.717, 1.165) is 16.5 Å². The van der Waals surface area contributed by atoms with Gasteiger partial charge in [0.25, 0.3) is 0 Å². The summed E-state index contributed by atoms with van der Waals surface area (Å²) in [7, 11) is 3.38. The molecule has 0 aliphatic rings. The molecule has 1 heterocycles. The number of carbonyl (C=O) groups excluding carboxylic acids is 1. The average molecular weight is 261 g/mol. The van der Waals surface area contributed by atoms with Crippen molar-refractivity contribution in [1.29, 1.82) is 0 Å². The van der Waals surface area contributed by atoms with Crippen LogP contribution in [0, 0.1) is 0 Å². The average Bonchev–Trinajstić information content (AvgIpc) is 2.80. The Morgan fingerprint density at radius 2 is 2.17 bits per heavy atom. The van der Waals surface area contributed by atoms with Crippen molar-refractivity contribution in [2.45, 2.75) is 6.42 Å². The van der Waals surface area contributed by atoms with E-state index in [4.69, 9.17) is 12.2 Å². The predicted molar refractivity (Wildman–Crippen MR) is 76.4 cm³/mol. The summed E-state index contributed by atoms with van der Waals surface area (Å²) in [6.07, 6.45) is 2.21. The molecule has 0 bridgehead atoms. The molecular formula is C13H15N3OS. The molecule has 2 aromatic rings. The Balaban J connectivity index is 2.19. The van der Waals surface area contributed by atoms with Crippen LogP contribution in [0.3, 0.4) is 0 Å². The van der Waals surface area contributed by atoms with E-state index in [1.807, 2.05) is 30.5 Å². The van der Waals surface area contributed by atoms with Crippen LogP contribution >= 0.6 is 12.2 Å². The van der Waals surface area contributed by atoms with Gasteiger partial charge in [0.15, 0.2) is 5.11 Å². The van der Waals surface area contributed by atoms with E-state index in [0.29, 0.717) is 11.5 Å². The Labute approximate surface area is 111 Å². The zero-order valence-corrected chi connectivity index (χ0v) is 11.2. The first-order valence-corrected chi connectivity index (χ1v) is 6.07. The van der Waals surface area contributed by atoms with E-state index in [2.05, 4.69) is 10.3 Å². The second kappa shape index (κ2) is 5.18. The van der Waals surface area contributed by atoms with Crippen molar-refractivity contribution in [3.8, 4) is 0 Å². The summed E-state index contributed by atoms with van der Waals surface area (Å²) in [6.45, 7) is 0. The molecule has 2 N–H and O–H groups in total. The molecule has 0 aliphatic heterocycles. The molecule has 94 valence electrons. The van der Waals surface area contributed by atoms with Crippen molar-refractivity contribution >= 4 is 34.1 Å². The maximum absolute atomic E-state index is 12.0. The van der Waals surface area contributed by atoms with Crippen molar-refractivity contribution in [2.24, 2.45) is 0 Å². The lowest BCUT2D eigenvalue weighted by Crippen LogP contribution is -2.39. The topological polar surface area (TPSA) is 48.1 Å². The number of fused-ring (bicyclic) bond motifs is 1. The quantitative estimate of drug-likeness (QED) is 0.809. The van der Waals surface area contributed by atoms with Gasteiger partial charge < -0.3 is 10.3 Å². The lowest BCUT2D eigenvalue weighted by atomic mass is 10.1. The molecule has 0 aliphatic carbocycles. The number of rotatable bonds is 2. The van der Waals surface area contributed by atoms with Gasteiger partial charge in [-0.3, -0.25) is 9.69 Å². The first-order valence-electron chi connectivity index (χ1n) is 5.66. The lowest BCUT2D eigenvalue weighted by molar-refractivity contribution is -0.125. The Kier molecular flexibility index (Phi) is 3.62. The van der Waals surface area contributed by atoms with Gasteiger partial charge in [0.05, 0.1) is 6.42 Å². The Morgan fingerprint density at radius 3 is 2.89 bits per heavy atom. The second-order valence-corrected chi connectivity index (χ2v) is 4.43. The lowest BCUT2D eigenvalue weighted by Gasteiger charge is -2.17. The summed E-state index contributed by atoms with van der Waals surface area (Å²) in [5, 5.41) is 4.30. The number of nitrogens with one attached hydrogen (secondary N) is 2. The number of hydrogen-bond donors (Lipinski definition) is 2. The third kappa shape index (κ3) is 2.36. The summed E-state index contributed by atoms with van der Waals surface area (Å²) in [5.74, 6) is -0.0286. The molecule has 0 saturated carbocycles. The number of benzene rings is 1. The van der Waals surface area contributed by atoms with E-state index in [9.17, 15) is 4.79 Å². The summed E-state index contributed by atoms with van der Waals surface area (Å²) in [6, 6.07) is 7.93. The minimum absolute atomic E-state index is 0.0286. The first-order chi connectivity index (χ1) is 8.63. The summed E-state index contributed by atoms with van der Waals surface area (Å²) in [4.78, 5) is 16.7. The Bertz CT molecular complexity index is 591. The van der Waals surface area contributed by atoms with Crippen LogP contribution in [0.25, 0.3) is 10.9 Å². The Morgan fingerprint density at radius 1 is 1.44 bits per heavy atom. The van der Waals surface area contributed by atoms with Crippen molar-refractivity contribution in [3.63, 3.8) is 0 Å². The fourth-order valence-corrected chi connectivity index (χ4v) is 1.94. The van der Waals surface area contributed by atoms with Gasteiger partial charge in [0.1, 0.15) is 0 Å².